The minimum atomic E-state index is -0.288. The Morgan fingerprint density at radius 1 is 1.08 bits per heavy atom. The molecule has 0 spiro atoms. The monoisotopic (exact) mass is 331 g/mol. The van der Waals surface area contributed by atoms with Gasteiger partial charge in [-0.15, -0.1) is 0 Å². The summed E-state index contributed by atoms with van der Waals surface area (Å²) < 4.78 is 0. The van der Waals surface area contributed by atoms with E-state index in [0.717, 1.165) is 39.3 Å². The number of piperazine rings is 1. The average molecular weight is 332 g/mol. The largest absolute Gasteiger partial charge is 0.372 e. The van der Waals surface area contributed by atoms with E-state index in [1.54, 1.807) is 0 Å². The van der Waals surface area contributed by atoms with Crippen LogP contribution in [0.5, 0.6) is 0 Å². The zero-order chi connectivity index (χ0) is 17.9. The van der Waals surface area contributed by atoms with Gasteiger partial charge in [0.2, 0.25) is 5.91 Å². The maximum atomic E-state index is 12.4. The Balaban J connectivity index is 2.05. The lowest BCUT2D eigenvalue weighted by atomic mass is 9.94. The molecule has 1 aliphatic heterocycles. The summed E-state index contributed by atoms with van der Waals surface area (Å²) in [4.78, 5) is 19.2. The van der Waals surface area contributed by atoms with Gasteiger partial charge in [0.1, 0.15) is 0 Å². The second-order valence-electron chi connectivity index (χ2n) is 7.67. The van der Waals surface area contributed by atoms with Crippen molar-refractivity contribution in [3.8, 4) is 0 Å². The summed E-state index contributed by atoms with van der Waals surface area (Å²) in [5, 5.41) is 0. The van der Waals surface area contributed by atoms with Gasteiger partial charge in [-0.2, -0.15) is 0 Å². The van der Waals surface area contributed by atoms with Gasteiger partial charge in [-0.25, -0.2) is 0 Å². The number of nitrogens with zero attached hydrogens (tertiary/aromatic N) is 3. The number of aryl methyl sites for hydroxylation is 1. The number of rotatable bonds is 4. The first-order valence-corrected chi connectivity index (χ1v) is 9.17. The highest BCUT2D eigenvalue weighted by Crippen LogP contribution is 2.27. The summed E-state index contributed by atoms with van der Waals surface area (Å²) in [6.45, 7) is 18.1. The standard InChI is InChI=1S/C20H33N3O/c1-7-21(8-2)17-9-10-18(16(3)15-17)22-11-13-23(14-12-22)19(24)20(4,5)6/h9-10,15H,7-8,11-14H2,1-6H3. The molecule has 0 aromatic heterocycles. The van der Waals surface area contributed by atoms with E-state index in [0.29, 0.717) is 0 Å². The molecular formula is C20H33N3O. The molecule has 1 heterocycles. The molecule has 4 nitrogen and oxygen atoms in total. The van der Waals surface area contributed by atoms with E-state index in [4.69, 9.17) is 0 Å². The van der Waals surface area contributed by atoms with Gasteiger partial charge in [0.15, 0.2) is 0 Å². The summed E-state index contributed by atoms with van der Waals surface area (Å²) in [6.07, 6.45) is 0. The van der Waals surface area contributed by atoms with Crippen molar-refractivity contribution in [3.63, 3.8) is 0 Å². The quantitative estimate of drug-likeness (QED) is 0.844. The molecule has 1 saturated heterocycles. The molecule has 0 radical (unpaired) electrons. The highest BCUT2D eigenvalue weighted by atomic mass is 16.2. The molecule has 2 rings (SSSR count). The number of amides is 1. The van der Waals surface area contributed by atoms with Crippen LogP contribution < -0.4 is 9.80 Å². The third-order valence-corrected chi connectivity index (χ3v) is 4.86. The van der Waals surface area contributed by atoms with Crippen molar-refractivity contribution in [1.82, 2.24) is 4.90 Å². The summed E-state index contributed by atoms with van der Waals surface area (Å²) in [6, 6.07) is 6.75. The molecule has 0 atom stereocenters. The van der Waals surface area contributed by atoms with Crippen LogP contribution >= 0.6 is 0 Å². The molecule has 134 valence electrons. The van der Waals surface area contributed by atoms with Crippen LogP contribution in [-0.4, -0.2) is 50.1 Å². The lowest BCUT2D eigenvalue weighted by Crippen LogP contribution is -2.51. The fourth-order valence-corrected chi connectivity index (χ4v) is 3.40. The Morgan fingerprint density at radius 2 is 1.67 bits per heavy atom. The Morgan fingerprint density at radius 3 is 2.12 bits per heavy atom. The molecule has 0 bridgehead atoms. The Kier molecular flexibility index (Phi) is 5.79. The third-order valence-electron chi connectivity index (χ3n) is 4.86. The van der Waals surface area contributed by atoms with Crippen LogP contribution in [0.25, 0.3) is 0 Å². The van der Waals surface area contributed by atoms with Crippen molar-refractivity contribution in [2.75, 3.05) is 49.1 Å². The number of benzene rings is 1. The SMILES string of the molecule is CCN(CC)c1ccc(N2CCN(C(=O)C(C)(C)C)CC2)c(C)c1. The Hall–Kier alpha value is -1.71. The Labute approximate surface area is 147 Å². The molecule has 1 fully saturated rings. The minimum absolute atomic E-state index is 0.260. The number of hydrogen-bond acceptors (Lipinski definition) is 3. The van der Waals surface area contributed by atoms with Crippen molar-refractivity contribution in [1.29, 1.82) is 0 Å². The van der Waals surface area contributed by atoms with Gasteiger partial charge in [-0.1, -0.05) is 20.8 Å². The topological polar surface area (TPSA) is 26.8 Å². The highest BCUT2D eigenvalue weighted by Gasteiger charge is 2.29. The second-order valence-corrected chi connectivity index (χ2v) is 7.67. The third kappa shape index (κ3) is 4.03. The number of carbonyl (C=O) groups excluding carboxylic acids is 1. The molecule has 4 heteroatoms. The fourth-order valence-electron chi connectivity index (χ4n) is 3.40. The second kappa shape index (κ2) is 7.45. The molecule has 0 saturated carbocycles. The molecule has 0 unspecified atom stereocenters. The van der Waals surface area contributed by atoms with Gasteiger partial charge in [-0.05, 0) is 44.5 Å². The maximum Gasteiger partial charge on any atom is 0.228 e. The first kappa shape index (κ1) is 18.6. The van der Waals surface area contributed by atoms with Crippen LogP contribution in [-0.2, 0) is 4.79 Å². The van der Waals surface area contributed by atoms with Crippen LogP contribution in [0.4, 0.5) is 11.4 Å². The predicted molar refractivity (Wildman–Crippen MR) is 103 cm³/mol. The van der Waals surface area contributed by atoms with Crippen LogP contribution in [0.3, 0.4) is 0 Å². The van der Waals surface area contributed by atoms with Crippen molar-refractivity contribution in [2.45, 2.75) is 41.5 Å². The van der Waals surface area contributed by atoms with Crippen LogP contribution in [0, 0.1) is 12.3 Å². The summed E-state index contributed by atoms with van der Waals surface area (Å²) in [7, 11) is 0. The van der Waals surface area contributed by atoms with Crippen LogP contribution in [0.2, 0.25) is 0 Å². The van der Waals surface area contributed by atoms with E-state index in [1.165, 1.54) is 16.9 Å². The van der Waals surface area contributed by atoms with Gasteiger partial charge in [0.05, 0.1) is 0 Å². The van der Waals surface area contributed by atoms with E-state index in [-0.39, 0.29) is 11.3 Å². The summed E-state index contributed by atoms with van der Waals surface area (Å²) in [5.74, 6) is 0.260. The predicted octanol–water partition coefficient (Wildman–Crippen LogP) is 3.54. The summed E-state index contributed by atoms with van der Waals surface area (Å²) in [5.41, 5.74) is 3.62. The van der Waals surface area contributed by atoms with Crippen molar-refractivity contribution >= 4 is 17.3 Å². The smallest absolute Gasteiger partial charge is 0.228 e. The van der Waals surface area contributed by atoms with E-state index in [1.807, 2.05) is 25.7 Å². The van der Waals surface area contributed by atoms with Crippen LogP contribution in [0.1, 0.15) is 40.2 Å². The van der Waals surface area contributed by atoms with Crippen LogP contribution in [0.15, 0.2) is 18.2 Å². The number of hydrogen-bond donors (Lipinski definition) is 0. The highest BCUT2D eigenvalue weighted by molar-refractivity contribution is 5.81. The molecule has 1 aromatic carbocycles. The lowest BCUT2D eigenvalue weighted by molar-refractivity contribution is -0.139. The van der Waals surface area contributed by atoms with Gasteiger partial charge < -0.3 is 14.7 Å². The molecule has 24 heavy (non-hydrogen) atoms. The lowest BCUT2D eigenvalue weighted by Gasteiger charge is -2.39. The zero-order valence-electron chi connectivity index (χ0n) is 16.2. The number of carbonyl (C=O) groups is 1. The van der Waals surface area contributed by atoms with Crippen molar-refractivity contribution < 1.29 is 4.79 Å². The molecule has 1 aliphatic rings. The minimum Gasteiger partial charge on any atom is -0.372 e. The molecule has 0 aliphatic carbocycles. The van der Waals surface area contributed by atoms with Crippen molar-refractivity contribution in [2.24, 2.45) is 5.41 Å². The van der Waals surface area contributed by atoms with Gasteiger partial charge in [0.25, 0.3) is 0 Å². The molecule has 1 aromatic rings. The normalized spacial score (nSPS) is 15.6. The van der Waals surface area contributed by atoms with Gasteiger partial charge >= 0.3 is 0 Å². The maximum absolute atomic E-state index is 12.4. The van der Waals surface area contributed by atoms with E-state index < -0.39 is 0 Å². The first-order chi connectivity index (χ1) is 11.3. The first-order valence-electron chi connectivity index (χ1n) is 9.17. The van der Waals surface area contributed by atoms with Gasteiger partial charge in [0, 0.05) is 56.1 Å². The van der Waals surface area contributed by atoms with E-state index in [9.17, 15) is 4.79 Å². The molecular weight excluding hydrogens is 298 g/mol. The summed E-state index contributed by atoms with van der Waals surface area (Å²) >= 11 is 0. The fraction of sp³-hybridized carbons (Fsp3) is 0.650. The van der Waals surface area contributed by atoms with Crippen molar-refractivity contribution in [3.05, 3.63) is 23.8 Å². The molecule has 1 amide bonds. The average Bonchev–Trinajstić information content (AvgIpc) is 2.55. The van der Waals surface area contributed by atoms with E-state index in [2.05, 4.69) is 48.8 Å². The number of anilines is 2. The Bertz CT molecular complexity index is 565. The zero-order valence-corrected chi connectivity index (χ0v) is 16.2. The molecule has 0 N–H and O–H groups in total. The van der Waals surface area contributed by atoms with E-state index >= 15 is 0 Å². The van der Waals surface area contributed by atoms with Gasteiger partial charge in [-0.3, -0.25) is 4.79 Å².